The molecule has 0 fully saturated rings. The van der Waals surface area contributed by atoms with E-state index in [1.165, 1.54) is 11.1 Å². The molecule has 96 valence electrons. The summed E-state index contributed by atoms with van der Waals surface area (Å²) in [4.78, 5) is 4.47. The number of rotatable bonds is 5. The predicted molar refractivity (Wildman–Crippen MR) is 81.1 cm³/mol. The maximum Gasteiger partial charge on any atom is 0.0445 e. The van der Waals surface area contributed by atoms with E-state index < -0.39 is 0 Å². The summed E-state index contributed by atoms with van der Waals surface area (Å²) in [6.07, 6.45) is 4.78. The summed E-state index contributed by atoms with van der Waals surface area (Å²) in [5.41, 5.74) is 4.69. The molecule has 0 N–H and O–H groups in total. The van der Waals surface area contributed by atoms with Crippen molar-refractivity contribution in [3.63, 3.8) is 0 Å². The van der Waals surface area contributed by atoms with Gasteiger partial charge in [-0.1, -0.05) is 44.7 Å². The second kappa shape index (κ2) is 6.95. The van der Waals surface area contributed by atoms with E-state index >= 15 is 0 Å². The molecule has 0 heterocycles. The summed E-state index contributed by atoms with van der Waals surface area (Å²) in [7, 11) is 0. The van der Waals surface area contributed by atoms with Crippen LogP contribution in [0, 0.1) is 5.92 Å². The van der Waals surface area contributed by atoms with Gasteiger partial charge in [-0.05, 0) is 49.0 Å². The molecular formula is C17H23N. The highest BCUT2D eigenvalue weighted by atomic mass is 14.7. The van der Waals surface area contributed by atoms with Gasteiger partial charge < -0.3 is 0 Å². The topological polar surface area (TPSA) is 12.4 Å². The van der Waals surface area contributed by atoms with Crippen molar-refractivity contribution >= 4 is 5.71 Å². The SMILES string of the molecule is C=C/C(C)=C\N=C(/C)c1cccc(CC(C)C)c1. The first-order chi connectivity index (χ1) is 8.52. The van der Waals surface area contributed by atoms with Crippen molar-refractivity contribution in [2.24, 2.45) is 10.9 Å². The largest absolute Gasteiger partial charge is 0.261 e. The maximum absolute atomic E-state index is 4.47. The van der Waals surface area contributed by atoms with Gasteiger partial charge in [0, 0.05) is 11.9 Å². The van der Waals surface area contributed by atoms with Gasteiger partial charge in [0.05, 0.1) is 0 Å². The zero-order valence-electron chi connectivity index (χ0n) is 11.9. The Balaban J connectivity index is 2.92. The van der Waals surface area contributed by atoms with E-state index in [0.29, 0.717) is 5.92 Å². The fraction of sp³-hybridized carbons (Fsp3) is 0.353. The zero-order valence-corrected chi connectivity index (χ0v) is 11.9. The lowest BCUT2D eigenvalue weighted by molar-refractivity contribution is 0.647. The number of hydrogen-bond donors (Lipinski definition) is 0. The standard InChI is InChI=1S/C17H23N/c1-6-14(4)12-18-15(5)17-9-7-8-16(11-17)10-13(2)3/h6-9,11-13H,1,10H2,2-5H3/b14-12-,18-15+. The first-order valence-corrected chi connectivity index (χ1v) is 6.46. The lowest BCUT2D eigenvalue weighted by atomic mass is 10.00. The smallest absolute Gasteiger partial charge is 0.0445 e. The van der Waals surface area contributed by atoms with Gasteiger partial charge in [0.1, 0.15) is 0 Å². The van der Waals surface area contributed by atoms with Crippen molar-refractivity contribution in [2.75, 3.05) is 0 Å². The molecule has 0 aliphatic carbocycles. The third kappa shape index (κ3) is 4.70. The molecule has 0 bridgehead atoms. The van der Waals surface area contributed by atoms with Crippen LogP contribution in [0.5, 0.6) is 0 Å². The average Bonchev–Trinajstić information content (AvgIpc) is 2.35. The molecule has 18 heavy (non-hydrogen) atoms. The highest BCUT2D eigenvalue weighted by molar-refractivity contribution is 5.99. The third-order valence-electron chi connectivity index (χ3n) is 2.77. The average molecular weight is 241 g/mol. The second-order valence-electron chi connectivity index (χ2n) is 5.09. The Hall–Kier alpha value is -1.63. The van der Waals surface area contributed by atoms with E-state index in [4.69, 9.17) is 0 Å². The molecule has 0 saturated heterocycles. The fourth-order valence-electron chi connectivity index (χ4n) is 1.72. The Morgan fingerprint density at radius 3 is 2.67 bits per heavy atom. The van der Waals surface area contributed by atoms with Crippen LogP contribution in [-0.4, -0.2) is 5.71 Å². The normalized spacial score (nSPS) is 12.9. The van der Waals surface area contributed by atoms with Crippen LogP contribution in [0.2, 0.25) is 0 Å². The summed E-state index contributed by atoms with van der Waals surface area (Å²) >= 11 is 0. The van der Waals surface area contributed by atoms with Crippen molar-refractivity contribution < 1.29 is 0 Å². The summed E-state index contributed by atoms with van der Waals surface area (Å²) in [5, 5.41) is 0. The molecule has 0 spiro atoms. The summed E-state index contributed by atoms with van der Waals surface area (Å²) < 4.78 is 0. The van der Waals surface area contributed by atoms with Gasteiger partial charge in [-0.3, -0.25) is 4.99 Å². The number of nitrogens with zero attached hydrogens (tertiary/aromatic N) is 1. The van der Waals surface area contributed by atoms with Gasteiger partial charge in [-0.15, -0.1) is 0 Å². The third-order valence-corrected chi connectivity index (χ3v) is 2.77. The first-order valence-electron chi connectivity index (χ1n) is 6.46. The van der Waals surface area contributed by atoms with E-state index in [2.05, 4.69) is 49.7 Å². The van der Waals surface area contributed by atoms with E-state index in [0.717, 1.165) is 17.7 Å². The van der Waals surface area contributed by atoms with Crippen LogP contribution in [0.1, 0.15) is 38.8 Å². The van der Waals surface area contributed by atoms with Crippen LogP contribution >= 0.6 is 0 Å². The molecule has 0 saturated carbocycles. The zero-order chi connectivity index (χ0) is 13.5. The predicted octanol–water partition coefficient (Wildman–Crippen LogP) is 4.78. The number of aliphatic imine (C=N–C) groups is 1. The van der Waals surface area contributed by atoms with Gasteiger partial charge in [-0.25, -0.2) is 0 Å². The molecule has 0 radical (unpaired) electrons. The van der Waals surface area contributed by atoms with E-state index in [1.54, 1.807) is 0 Å². The van der Waals surface area contributed by atoms with Crippen molar-refractivity contribution in [3.8, 4) is 0 Å². The van der Waals surface area contributed by atoms with Crippen LogP contribution in [-0.2, 0) is 6.42 Å². The molecule has 0 aromatic heterocycles. The number of benzene rings is 1. The molecular weight excluding hydrogens is 218 g/mol. The van der Waals surface area contributed by atoms with Crippen molar-refractivity contribution in [2.45, 2.75) is 34.1 Å². The van der Waals surface area contributed by atoms with Crippen molar-refractivity contribution in [1.82, 2.24) is 0 Å². The van der Waals surface area contributed by atoms with E-state index in [-0.39, 0.29) is 0 Å². The van der Waals surface area contributed by atoms with Crippen LogP contribution in [0.3, 0.4) is 0 Å². The highest BCUT2D eigenvalue weighted by Crippen LogP contribution is 2.11. The fourth-order valence-corrected chi connectivity index (χ4v) is 1.72. The Labute approximate surface area is 111 Å². The molecule has 1 aromatic carbocycles. The highest BCUT2D eigenvalue weighted by Gasteiger charge is 2.01. The Morgan fingerprint density at radius 2 is 2.06 bits per heavy atom. The molecule has 1 heteroatoms. The van der Waals surface area contributed by atoms with E-state index in [9.17, 15) is 0 Å². The maximum atomic E-state index is 4.47. The number of hydrogen-bond acceptors (Lipinski definition) is 1. The van der Waals surface area contributed by atoms with Gasteiger partial charge in [0.15, 0.2) is 0 Å². The van der Waals surface area contributed by atoms with Crippen LogP contribution in [0.25, 0.3) is 0 Å². The Morgan fingerprint density at radius 1 is 1.33 bits per heavy atom. The second-order valence-corrected chi connectivity index (χ2v) is 5.09. The Bertz CT molecular complexity index is 464. The minimum Gasteiger partial charge on any atom is -0.261 e. The molecule has 1 rings (SSSR count). The molecule has 0 aliphatic rings. The van der Waals surface area contributed by atoms with Gasteiger partial charge in [0.2, 0.25) is 0 Å². The van der Waals surface area contributed by atoms with Crippen LogP contribution in [0.15, 0.2) is 53.7 Å². The molecule has 0 aliphatic heterocycles. The van der Waals surface area contributed by atoms with Crippen molar-refractivity contribution in [3.05, 3.63) is 59.8 Å². The molecule has 0 amide bonds. The van der Waals surface area contributed by atoms with Crippen LogP contribution < -0.4 is 0 Å². The van der Waals surface area contributed by atoms with Gasteiger partial charge >= 0.3 is 0 Å². The summed E-state index contributed by atoms with van der Waals surface area (Å²) in [6.45, 7) is 12.2. The summed E-state index contributed by atoms with van der Waals surface area (Å²) in [5.74, 6) is 0.681. The minimum absolute atomic E-state index is 0.681. The number of allylic oxidation sites excluding steroid dienone is 2. The molecule has 1 aromatic rings. The van der Waals surface area contributed by atoms with Gasteiger partial charge in [-0.2, -0.15) is 0 Å². The van der Waals surface area contributed by atoms with Gasteiger partial charge in [0.25, 0.3) is 0 Å². The quantitative estimate of drug-likeness (QED) is 0.519. The van der Waals surface area contributed by atoms with Crippen molar-refractivity contribution in [1.29, 1.82) is 0 Å². The molecule has 0 atom stereocenters. The molecule has 1 nitrogen and oxygen atoms in total. The molecule has 0 unspecified atom stereocenters. The van der Waals surface area contributed by atoms with Crippen LogP contribution in [0.4, 0.5) is 0 Å². The lowest BCUT2D eigenvalue weighted by Crippen LogP contribution is -1.98. The lowest BCUT2D eigenvalue weighted by Gasteiger charge is -2.07. The Kier molecular flexibility index (Phi) is 5.57. The van der Waals surface area contributed by atoms with E-state index in [1.807, 2.05) is 26.1 Å². The monoisotopic (exact) mass is 241 g/mol. The minimum atomic E-state index is 0.681. The first kappa shape index (κ1) is 14.4. The summed E-state index contributed by atoms with van der Waals surface area (Å²) in [6, 6.07) is 8.63.